The first-order valence-corrected chi connectivity index (χ1v) is 5.03. The molecule has 1 N–H and O–H groups in total. The van der Waals surface area contributed by atoms with Gasteiger partial charge >= 0.3 is 0 Å². The van der Waals surface area contributed by atoms with E-state index < -0.39 is 0 Å². The van der Waals surface area contributed by atoms with E-state index in [-0.39, 0.29) is 0 Å². The molecule has 0 saturated heterocycles. The van der Waals surface area contributed by atoms with Gasteiger partial charge < -0.3 is 4.84 Å². The molecule has 1 saturated carbocycles. The summed E-state index contributed by atoms with van der Waals surface area (Å²) in [4.78, 5) is 4.79. The van der Waals surface area contributed by atoms with Crippen molar-refractivity contribution >= 4 is 0 Å². The van der Waals surface area contributed by atoms with Gasteiger partial charge in [0.05, 0.1) is 7.11 Å². The molecule has 1 aliphatic carbocycles. The predicted molar refractivity (Wildman–Crippen MR) is 50.8 cm³/mol. The van der Waals surface area contributed by atoms with Crippen LogP contribution in [0.4, 0.5) is 0 Å². The van der Waals surface area contributed by atoms with Crippen molar-refractivity contribution in [3.8, 4) is 0 Å². The largest absolute Gasteiger partial charge is 0.305 e. The Morgan fingerprint density at radius 2 is 2.00 bits per heavy atom. The number of hydroxylamine groups is 1. The second-order valence-electron chi connectivity index (χ2n) is 4.22. The first kappa shape index (κ1) is 10.0. The molecule has 0 bridgehead atoms. The molecule has 2 nitrogen and oxygen atoms in total. The average Bonchev–Trinajstić information content (AvgIpc) is 2.47. The van der Waals surface area contributed by atoms with Crippen molar-refractivity contribution in [2.45, 2.75) is 45.4 Å². The first-order chi connectivity index (χ1) is 5.77. The maximum atomic E-state index is 4.79. The van der Waals surface area contributed by atoms with Gasteiger partial charge in [-0.1, -0.05) is 19.8 Å². The normalized spacial score (nSPS) is 21.5. The van der Waals surface area contributed by atoms with Gasteiger partial charge in [-0.25, -0.2) is 5.48 Å². The first-order valence-electron chi connectivity index (χ1n) is 5.03. The Kier molecular flexibility index (Phi) is 4.02. The average molecular weight is 171 g/mol. The summed E-state index contributed by atoms with van der Waals surface area (Å²) < 4.78 is 0. The molecule has 72 valence electrons. The van der Waals surface area contributed by atoms with Crippen LogP contribution in [0.25, 0.3) is 0 Å². The fraction of sp³-hybridized carbons (Fsp3) is 1.00. The number of hydrogen-bond acceptors (Lipinski definition) is 2. The summed E-state index contributed by atoms with van der Waals surface area (Å²) in [6.45, 7) is 3.42. The Morgan fingerprint density at radius 1 is 1.33 bits per heavy atom. The second kappa shape index (κ2) is 4.83. The molecule has 0 aromatic carbocycles. The summed E-state index contributed by atoms with van der Waals surface area (Å²) in [6.07, 6.45) is 8.33. The quantitative estimate of drug-likeness (QED) is 0.507. The summed E-state index contributed by atoms with van der Waals surface area (Å²) in [6, 6.07) is 0. The van der Waals surface area contributed by atoms with Crippen molar-refractivity contribution in [1.82, 2.24) is 5.48 Å². The van der Waals surface area contributed by atoms with E-state index in [0.29, 0.717) is 5.41 Å². The minimum Gasteiger partial charge on any atom is -0.305 e. The summed E-state index contributed by atoms with van der Waals surface area (Å²) in [5.74, 6) is 0. The van der Waals surface area contributed by atoms with Gasteiger partial charge in [-0.2, -0.15) is 0 Å². The van der Waals surface area contributed by atoms with Gasteiger partial charge in [0.25, 0.3) is 0 Å². The van der Waals surface area contributed by atoms with Crippen LogP contribution in [0, 0.1) is 5.41 Å². The van der Waals surface area contributed by atoms with Crippen LogP contribution in [0.5, 0.6) is 0 Å². The molecule has 12 heavy (non-hydrogen) atoms. The number of rotatable bonds is 5. The van der Waals surface area contributed by atoms with Gasteiger partial charge in [0.1, 0.15) is 0 Å². The zero-order chi connectivity index (χ0) is 8.86. The summed E-state index contributed by atoms with van der Waals surface area (Å²) >= 11 is 0. The molecule has 0 aromatic heterocycles. The fourth-order valence-corrected chi connectivity index (χ4v) is 2.17. The molecule has 0 aromatic rings. The van der Waals surface area contributed by atoms with E-state index in [4.69, 9.17) is 4.84 Å². The zero-order valence-corrected chi connectivity index (χ0v) is 8.36. The van der Waals surface area contributed by atoms with E-state index in [0.717, 1.165) is 6.54 Å². The zero-order valence-electron chi connectivity index (χ0n) is 8.36. The third kappa shape index (κ3) is 3.11. The van der Waals surface area contributed by atoms with Crippen molar-refractivity contribution in [3.63, 3.8) is 0 Å². The van der Waals surface area contributed by atoms with Gasteiger partial charge in [0.15, 0.2) is 0 Å². The van der Waals surface area contributed by atoms with E-state index >= 15 is 0 Å². The molecule has 0 amide bonds. The van der Waals surface area contributed by atoms with Gasteiger partial charge in [0.2, 0.25) is 0 Å². The molecule has 1 aliphatic rings. The highest BCUT2D eigenvalue weighted by Gasteiger charge is 2.27. The smallest absolute Gasteiger partial charge is 0.0572 e. The predicted octanol–water partition coefficient (Wildman–Crippen LogP) is 2.50. The van der Waals surface area contributed by atoms with Crippen molar-refractivity contribution in [2.75, 3.05) is 13.7 Å². The maximum absolute atomic E-state index is 4.79. The van der Waals surface area contributed by atoms with E-state index in [2.05, 4.69) is 12.4 Å². The maximum Gasteiger partial charge on any atom is 0.0572 e. The SMILES string of the molecule is CONCCCC1(C)CCCC1. The van der Waals surface area contributed by atoms with E-state index in [9.17, 15) is 0 Å². The lowest BCUT2D eigenvalue weighted by molar-refractivity contribution is 0.0875. The third-order valence-electron chi connectivity index (χ3n) is 3.01. The number of nitrogens with one attached hydrogen (secondary N) is 1. The van der Waals surface area contributed by atoms with Crippen LogP contribution < -0.4 is 5.48 Å². The minimum atomic E-state index is 0.648. The van der Waals surface area contributed by atoms with Crippen molar-refractivity contribution in [1.29, 1.82) is 0 Å². The van der Waals surface area contributed by atoms with Crippen LogP contribution in [0.2, 0.25) is 0 Å². The Balaban J connectivity index is 2.05. The molecule has 1 fully saturated rings. The third-order valence-corrected chi connectivity index (χ3v) is 3.01. The molecule has 0 radical (unpaired) electrons. The Bertz CT molecular complexity index is 119. The highest BCUT2D eigenvalue weighted by atomic mass is 16.6. The van der Waals surface area contributed by atoms with Gasteiger partial charge in [-0.3, -0.25) is 0 Å². The van der Waals surface area contributed by atoms with Gasteiger partial charge in [0, 0.05) is 6.54 Å². The molecule has 2 heteroatoms. The summed E-state index contributed by atoms with van der Waals surface area (Å²) in [7, 11) is 1.68. The van der Waals surface area contributed by atoms with E-state index in [1.54, 1.807) is 7.11 Å². The molecule has 0 spiro atoms. The fourth-order valence-electron chi connectivity index (χ4n) is 2.17. The molecule has 0 unspecified atom stereocenters. The highest BCUT2D eigenvalue weighted by molar-refractivity contribution is 4.79. The number of hydrogen-bond donors (Lipinski definition) is 1. The van der Waals surface area contributed by atoms with Crippen LogP contribution in [-0.4, -0.2) is 13.7 Å². The molecule has 0 aliphatic heterocycles. The highest BCUT2D eigenvalue weighted by Crippen LogP contribution is 2.40. The lowest BCUT2D eigenvalue weighted by Gasteiger charge is -2.22. The van der Waals surface area contributed by atoms with Crippen molar-refractivity contribution in [3.05, 3.63) is 0 Å². The molecule has 0 atom stereocenters. The van der Waals surface area contributed by atoms with E-state index in [1.165, 1.54) is 38.5 Å². The van der Waals surface area contributed by atoms with Gasteiger partial charge in [-0.15, -0.1) is 0 Å². The Labute approximate surface area is 75.6 Å². The molecule has 1 rings (SSSR count). The van der Waals surface area contributed by atoms with Crippen LogP contribution in [0.3, 0.4) is 0 Å². The Hall–Kier alpha value is -0.0800. The van der Waals surface area contributed by atoms with Crippen LogP contribution in [0.15, 0.2) is 0 Å². The van der Waals surface area contributed by atoms with Crippen molar-refractivity contribution < 1.29 is 4.84 Å². The lowest BCUT2D eigenvalue weighted by atomic mass is 9.84. The topological polar surface area (TPSA) is 21.3 Å². The van der Waals surface area contributed by atoms with Crippen LogP contribution in [0.1, 0.15) is 45.4 Å². The summed E-state index contributed by atoms with van der Waals surface area (Å²) in [5.41, 5.74) is 3.54. The lowest BCUT2D eigenvalue weighted by Crippen LogP contribution is -2.17. The van der Waals surface area contributed by atoms with Gasteiger partial charge in [-0.05, 0) is 31.1 Å². The Morgan fingerprint density at radius 3 is 2.58 bits per heavy atom. The van der Waals surface area contributed by atoms with Crippen LogP contribution in [-0.2, 0) is 4.84 Å². The van der Waals surface area contributed by atoms with Crippen LogP contribution >= 0.6 is 0 Å². The monoisotopic (exact) mass is 171 g/mol. The molecular formula is C10H21NO. The molecule has 0 heterocycles. The minimum absolute atomic E-state index is 0.648. The second-order valence-corrected chi connectivity index (χ2v) is 4.22. The van der Waals surface area contributed by atoms with E-state index in [1.807, 2.05) is 0 Å². The summed E-state index contributed by atoms with van der Waals surface area (Å²) in [5, 5.41) is 0. The van der Waals surface area contributed by atoms with Crippen molar-refractivity contribution in [2.24, 2.45) is 5.41 Å². The standard InChI is InChI=1S/C10H21NO/c1-10(6-3-4-7-10)8-5-9-11-12-2/h11H,3-9H2,1-2H3. The molecular weight excluding hydrogens is 150 g/mol.